The summed E-state index contributed by atoms with van der Waals surface area (Å²) in [5.41, 5.74) is 6.44. The number of nitrogens with zero attached hydrogens (tertiary/aromatic N) is 2. The van der Waals surface area contributed by atoms with Crippen molar-refractivity contribution < 1.29 is 25.9 Å². The lowest BCUT2D eigenvalue weighted by Crippen LogP contribution is -2.07. The van der Waals surface area contributed by atoms with Gasteiger partial charge in [-0.25, -0.2) is 0 Å². The van der Waals surface area contributed by atoms with Crippen molar-refractivity contribution in [3.63, 3.8) is 0 Å². The van der Waals surface area contributed by atoms with Crippen molar-refractivity contribution in [1.82, 2.24) is 0 Å². The zero-order valence-electron chi connectivity index (χ0n) is 13.6. The van der Waals surface area contributed by atoms with Crippen molar-refractivity contribution in [2.24, 2.45) is 15.9 Å². The molecule has 0 spiro atoms. The average Bonchev–Trinajstić information content (AvgIpc) is 2.59. The molecule has 0 aromatic heterocycles. The highest BCUT2D eigenvalue weighted by atomic mass is 32.2. The van der Waals surface area contributed by atoms with Gasteiger partial charge in [0.1, 0.15) is 4.90 Å². The molecule has 0 aliphatic heterocycles. The van der Waals surface area contributed by atoms with Crippen LogP contribution in [0, 0.1) is 0 Å². The first-order valence-electron chi connectivity index (χ1n) is 7.19. The van der Waals surface area contributed by atoms with E-state index in [4.69, 9.17) is 10.3 Å². The molecule has 2 rings (SSSR count). The fraction of sp³-hybridized carbons (Fsp3) is 0.0667. The van der Waals surface area contributed by atoms with Crippen molar-refractivity contribution >= 4 is 43.4 Å². The van der Waals surface area contributed by atoms with Crippen LogP contribution in [0.2, 0.25) is 0 Å². The molecule has 4 N–H and O–H groups in total. The maximum atomic E-state index is 11.4. The maximum absolute atomic E-state index is 11.4. The Morgan fingerprint density at radius 3 is 2.30 bits per heavy atom. The van der Waals surface area contributed by atoms with Gasteiger partial charge in [0.2, 0.25) is 0 Å². The highest BCUT2D eigenvalue weighted by Gasteiger charge is 2.18. The lowest BCUT2D eigenvalue weighted by atomic mass is 10.2. The summed E-state index contributed by atoms with van der Waals surface area (Å²) in [7, 11) is -9.22. The van der Waals surface area contributed by atoms with E-state index in [0.717, 1.165) is 30.0 Å². The normalized spacial score (nSPS) is 13.2. The number of hydrogen-bond acceptors (Lipinski definition) is 7. The second kappa shape index (κ2) is 8.63. The van der Waals surface area contributed by atoms with Gasteiger partial charge in [-0.3, -0.25) is 9.11 Å². The third kappa shape index (κ3) is 6.45. The minimum Gasteiger partial charge on any atom is -0.377 e. The molecule has 0 bridgehead atoms. The predicted octanol–water partition coefficient (Wildman–Crippen LogP) is 1.76. The van der Waals surface area contributed by atoms with Crippen molar-refractivity contribution in [1.29, 1.82) is 0 Å². The van der Waals surface area contributed by atoms with Crippen LogP contribution in [0.5, 0.6) is 0 Å². The van der Waals surface area contributed by atoms with Gasteiger partial charge in [-0.15, -0.1) is 5.10 Å². The Bertz CT molecular complexity index is 1080. The van der Waals surface area contributed by atoms with E-state index in [-0.39, 0.29) is 10.7 Å². The number of amidine groups is 1. The molecule has 9 nitrogen and oxygen atoms in total. The Balaban J connectivity index is 2.23. The second-order valence-corrected chi connectivity index (χ2v) is 8.91. The lowest BCUT2D eigenvalue weighted by molar-refractivity contribution is 0.478. The number of benzene rings is 2. The van der Waals surface area contributed by atoms with Crippen LogP contribution in [0.25, 0.3) is 0 Å². The monoisotopic (exact) mass is 429 g/mol. The van der Waals surface area contributed by atoms with E-state index >= 15 is 0 Å². The molecule has 0 atom stereocenters. The number of rotatable bonds is 6. The zero-order valence-corrected chi connectivity index (χ0v) is 16.1. The molecule has 0 fully saturated rings. The molecule has 0 saturated carbocycles. The molecule has 144 valence electrons. The molecule has 27 heavy (non-hydrogen) atoms. The van der Waals surface area contributed by atoms with Crippen molar-refractivity contribution in [3.8, 4) is 0 Å². The van der Waals surface area contributed by atoms with Crippen LogP contribution in [0.1, 0.15) is 11.1 Å². The minimum absolute atomic E-state index is 0.0921. The second-order valence-electron chi connectivity index (χ2n) is 5.11. The predicted molar refractivity (Wildman–Crippen MR) is 103 cm³/mol. The molecule has 0 saturated heterocycles. The average molecular weight is 430 g/mol. The van der Waals surface area contributed by atoms with Crippen molar-refractivity contribution in [2.45, 2.75) is 15.5 Å². The van der Waals surface area contributed by atoms with Crippen LogP contribution in [0.15, 0.2) is 68.5 Å². The van der Waals surface area contributed by atoms with Gasteiger partial charge < -0.3 is 5.73 Å². The standard InChI is InChI=1S/C15H15N3O6S3/c16-15(25-10-11-4-2-1-3-5-11)18-17-9-12-8-13(26(19,20)21)6-7-14(12)27(22,23)24/h1-9H,10H2,(H2,16,18)(H,19,20,21)(H,22,23,24). The lowest BCUT2D eigenvalue weighted by Gasteiger charge is -2.04. The van der Waals surface area contributed by atoms with Gasteiger partial charge in [0, 0.05) is 11.3 Å². The van der Waals surface area contributed by atoms with E-state index in [1.54, 1.807) is 0 Å². The molecule has 0 radical (unpaired) electrons. The smallest absolute Gasteiger partial charge is 0.295 e. The van der Waals surface area contributed by atoms with Crippen LogP contribution in [-0.4, -0.2) is 37.3 Å². The van der Waals surface area contributed by atoms with E-state index in [9.17, 15) is 21.4 Å². The van der Waals surface area contributed by atoms with Gasteiger partial charge in [0.05, 0.1) is 11.1 Å². The highest BCUT2D eigenvalue weighted by molar-refractivity contribution is 8.13. The molecular formula is C15H15N3O6S3. The summed E-state index contributed by atoms with van der Waals surface area (Å²) in [5, 5.41) is 7.40. The minimum atomic E-state index is -4.65. The molecule has 2 aromatic rings. The van der Waals surface area contributed by atoms with Crippen LogP contribution in [0.4, 0.5) is 0 Å². The summed E-state index contributed by atoms with van der Waals surface area (Å²) in [6.07, 6.45) is 0.910. The molecule has 0 aliphatic rings. The topological polar surface area (TPSA) is 159 Å². The fourth-order valence-corrected chi connectivity index (χ4v) is 3.71. The Hall–Kier alpha value is -2.25. The number of hydrogen-bond donors (Lipinski definition) is 3. The van der Waals surface area contributed by atoms with Gasteiger partial charge in [-0.2, -0.15) is 21.9 Å². The molecule has 12 heteroatoms. The number of thioether (sulfide) groups is 1. The van der Waals surface area contributed by atoms with Gasteiger partial charge in [-0.1, -0.05) is 42.1 Å². The quantitative estimate of drug-likeness (QED) is 0.271. The third-order valence-corrected chi connectivity index (χ3v) is 5.77. The molecule has 2 aromatic carbocycles. The Morgan fingerprint density at radius 1 is 1.04 bits per heavy atom. The molecular weight excluding hydrogens is 414 g/mol. The Kier molecular flexibility index (Phi) is 6.73. The van der Waals surface area contributed by atoms with Crippen molar-refractivity contribution in [3.05, 3.63) is 59.7 Å². The molecule has 0 amide bonds. The molecule has 0 heterocycles. The summed E-state index contributed by atoms with van der Waals surface area (Å²) in [6.45, 7) is 0. The number of nitrogens with two attached hydrogens (primary N) is 1. The van der Waals surface area contributed by atoms with E-state index < -0.39 is 30.0 Å². The van der Waals surface area contributed by atoms with E-state index in [0.29, 0.717) is 5.75 Å². The Morgan fingerprint density at radius 2 is 1.70 bits per heavy atom. The van der Waals surface area contributed by atoms with Gasteiger partial charge in [0.25, 0.3) is 20.2 Å². The first-order chi connectivity index (χ1) is 12.6. The molecule has 0 aliphatic carbocycles. The Labute approximate surface area is 160 Å². The highest BCUT2D eigenvalue weighted by Crippen LogP contribution is 2.19. The SMILES string of the molecule is NC(=NN=Cc1cc(S(=O)(=O)O)ccc1S(=O)(=O)O)SCc1ccccc1. The van der Waals surface area contributed by atoms with Gasteiger partial charge in [-0.05, 0) is 23.8 Å². The van der Waals surface area contributed by atoms with Crippen LogP contribution in [-0.2, 0) is 26.0 Å². The zero-order chi connectivity index (χ0) is 20.1. The van der Waals surface area contributed by atoms with Gasteiger partial charge in [0.15, 0.2) is 5.17 Å². The summed E-state index contributed by atoms with van der Waals surface area (Å²) in [4.78, 5) is -1.16. The van der Waals surface area contributed by atoms with Crippen molar-refractivity contribution in [2.75, 3.05) is 0 Å². The largest absolute Gasteiger partial charge is 0.377 e. The fourth-order valence-electron chi connectivity index (χ4n) is 1.93. The van der Waals surface area contributed by atoms with Crippen LogP contribution in [0.3, 0.4) is 0 Å². The van der Waals surface area contributed by atoms with E-state index in [2.05, 4.69) is 10.2 Å². The van der Waals surface area contributed by atoms with E-state index in [1.807, 2.05) is 30.3 Å². The summed E-state index contributed by atoms with van der Waals surface area (Å²) in [5.74, 6) is 0.542. The van der Waals surface area contributed by atoms with Crippen LogP contribution < -0.4 is 5.73 Å². The molecule has 0 unspecified atom stereocenters. The van der Waals surface area contributed by atoms with Gasteiger partial charge >= 0.3 is 0 Å². The third-order valence-electron chi connectivity index (χ3n) is 3.14. The maximum Gasteiger partial charge on any atom is 0.295 e. The first-order valence-corrected chi connectivity index (χ1v) is 11.1. The van der Waals surface area contributed by atoms with E-state index in [1.165, 1.54) is 11.8 Å². The summed E-state index contributed by atoms with van der Waals surface area (Å²) >= 11 is 1.19. The van der Waals surface area contributed by atoms with Crippen LogP contribution >= 0.6 is 11.8 Å². The summed E-state index contributed by atoms with van der Waals surface area (Å²) in [6, 6.07) is 11.9. The first kappa shape index (κ1) is 21.1. The summed E-state index contributed by atoms with van der Waals surface area (Å²) < 4.78 is 63.4.